The Morgan fingerprint density at radius 3 is 1.68 bits per heavy atom. The van der Waals surface area contributed by atoms with Gasteiger partial charge in [0.25, 0.3) is 0 Å². The molecule has 0 spiro atoms. The molecule has 4 rings (SSSR count). The van der Waals surface area contributed by atoms with Gasteiger partial charge in [0, 0.05) is 0 Å². The van der Waals surface area contributed by atoms with E-state index in [1.165, 1.54) is 60.8 Å². The molecule has 0 saturated heterocycles. The summed E-state index contributed by atoms with van der Waals surface area (Å²) in [4.78, 5) is 0. The molecule has 25 heavy (non-hydrogen) atoms. The van der Waals surface area contributed by atoms with E-state index in [0.717, 1.165) is 27.5 Å². The van der Waals surface area contributed by atoms with Gasteiger partial charge in [0.2, 0.25) is 0 Å². The summed E-state index contributed by atoms with van der Waals surface area (Å²) < 4.78 is 7.17. The Kier molecular flexibility index (Phi) is 6.45. The van der Waals surface area contributed by atoms with Crippen LogP contribution in [0.25, 0.3) is 0 Å². The van der Waals surface area contributed by atoms with Crippen LogP contribution in [0.5, 0.6) is 11.5 Å². The third-order valence-corrected chi connectivity index (χ3v) is 6.28. The first-order valence-electron chi connectivity index (χ1n) is 8.94. The number of benzene rings is 2. The number of hydrogen-bond donors (Lipinski definition) is 1. The second kappa shape index (κ2) is 8.59. The Labute approximate surface area is 166 Å². The van der Waals surface area contributed by atoms with Crippen LogP contribution in [0.1, 0.15) is 47.9 Å². The molecule has 0 amide bonds. The summed E-state index contributed by atoms with van der Waals surface area (Å²) in [6.45, 7) is 0. The van der Waals surface area contributed by atoms with Gasteiger partial charge in [-0.25, -0.2) is 0 Å². The Balaban J connectivity index is 0.000000146. The number of hydrogen-bond acceptors (Lipinski definition) is 2. The quantitative estimate of drug-likeness (QED) is 0.527. The summed E-state index contributed by atoms with van der Waals surface area (Å²) in [6.07, 6.45) is 9.89. The van der Waals surface area contributed by atoms with Crippen LogP contribution >= 0.6 is 31.9 Å². The Morgan fingerprint density at radius 2 is 1.16 bits per heavy atom. The van der Waals surface area contributed by atoms with E-state index in [1.54, 1.807) is 7.11 Å². The van der Waals surface area contributed by atoms with E-state index < -0.39 is 0 Å². The SMILES string of the molecule is COc1cc2c(cc1Br)CCCC2.Oc1cc2c(cc1Br)CCCC2. The smallest absolute Gasteiger partial charge is 0.133 e. The van der Waals surface area contributed by atoms with Crippen LogP contribution in [0.3, 0.4) is 0 Å². The normalized spacial score (nSPS) is 15.5. The predicted molar refractivity (Wildman–Crippen MR) is 110 cm³/mol. The second-order valence-electron chi connectivity index (χ2n) is 6.74. The third-order valence-electron chi connectivity index (χ3n) is 5.03. The topological polar surface area (TPSA) is 29.5 Å². The number of halogens is 2. The van der Waals surface area contributed by atoms with Crippen LogP contribution in [-0.4, -0.2) is 12.2 Å². The molecule has 0 unspecified atom stereocenters. The molecule has 4 heteroatoms. The van der Waals surface area contributed by atoms with Crippen molar-refractivity contribution in [2.45, 2.75) is 51.4 Å². The number of methoxy groups -OCH3 is 1. The first kappa shape index (κ1) is 18.8. The van der Waals surface area contributed by atoms with Crippen LogP contribution in [0.4, 0.5) is 0 Å². The first-order valence-corrected chi connectivity index (χ1v) is 10.5. The molecule has 0 fully saturated rings. The molecule has 2 aliphatic rings. The van der Waals surface area contributed by atoms with Gasteiger partial charge in [0.05, 0.1) is 16.1 Å². The van der Waals surface area contributed by atoms with Crippen LogP contribution in [0, 0.1) is 0 Å². The number of rotatable bonds is 1. The number of phenolic OH excluding ortho intramolecular Hbond substituents is 1. The molecule has 0 aliphatic heterocycles. The van der Waals surface area contributed by atoms with Gasteiger partial charge in [-0.3, -0.25) is 0 Å². The number of ether oxygens (including phenoxy) is 1. The van der Waals surface area contributed by atoms with Gasteiger partial charge in [0.1, 0.15) is 11.5 Å². The zero-order valence-electron chi connectivity index (χ0n) is 14.6. The lowest BCUT2D eigenvalue weighted by Gasteiger charge is -2.17. The molecule has 2 aromatic rings. The van der Waals surface area contributed by atoms with Crippen LogP contribution < -0.4 is 4.74 Å². The fourth-order valence-electron chi connectivity index (χ4n) is 3.63. The maximum atomic E-state index is 9.43. The summed E-state index contributed by atoms with van der Waals surface area (Å²) >= 11 is 6.83. The predicted octanol–water partition coefficient (Wildman–Crippen LogP) is 6.37. The lowest BCUT2D eigenvalue weighted by atomic mass is 9.92. The van der Waals surface area contributed by atoms with E-state index in [-0.39, 0.29) is 0 Å². The summed E-state index contributed by atoms with van der Waals surface area (Å²) in [5, 5.41) is 9.43. The maximum absolute atomic E-state index is 9.43. The molecule has 1 N–H and O–H groups in total. The van der Waals surface area contributed by atoms with Crippen molar-refractivity contribution in [1.29, 1.82) is 0 Å². The summed E-state index contributed by atoms with van der Waals surface area (Å²) in [7, 11) is 1.72. The highest BCUT2D eigenvalue weighted by molar-refractivity contribution is 9.10. The summed E-state index contributed by atoms with van der Waals surface area (Å²) in [6, 6.07) is 8.30. The van der Waals surface area contributed by atoms with Crippen molar-refractivity contribution in [3.8, 4) is 11.5 Å². The number of phenols is 1. The van der Waals surface area contributed by atoms with E-state index in [1.807, 2.05) is 12.1 Å². The molecule has 2 aromatic carbocycles. The van der Waals surface area contributed by atoms with E-state index in [0.29, 0.717) is 5.75 Å². The molecule has 2 nitrogen and oxygen atoms in total. The average Bonchev–Trinajstić information content (AvgIpc) is 2.62. The highest BCUT2D eigenvalue weighted by Gasteiger charge is 2.12. The largest absolute Gasteiger partial charge is 0.507 e. The van der Waals surface area contributed by atoms with Crippen molar-refractivity contribution in [3.05, 3.63) is 55.5 Å². The fourth-order valence-corrected chi connectivity index (χ4v) is 4.58. The lowest BCUT2D eigenvalue weighted by molar-refractivity contribution is 0.411. The number of fused-ring (bicyclic) bond motifs is 2. The van der Waals surface area contributed by atoms with Gasteiger partial charge in [-0.1, -0.05) is 0 Å². The monoisotopic (exact) mass is 466 g/mol. The van der Waals surface area contributed by atoms with Gasteiger partial charge in [-0.2, -0.15) is 0 Å². The molecule has 0 bridgehead atoms. The fraction of sp³-hybridized carbons (Fsp3) is 0.429. The summed E-state index contributed by atoms with van der Waals surface area (Å²) in [5.74, 6) is 1.33. The third kappa shape index (κ3) is 4.59. The van der Waals surface area contributed by atoms with Crippen molar-refractivity contribution in [1.82, 2.24) is 0 Å². The van der Waals surface area contributed by atoms with Crippen LogP contribution in [0.2, 0.25) is 0 Å². The minimum atomic E-state index is 0.371. The van der Waals surface area contributed by atoms with Crippen molar-refractivity contribution in [2.75, 3.05) is 7.11 Å². The molecule has 134 valence electrons. The van der Waals surface area contributed by atoms with Crippen molar-refractivity contribution in [2.24, 2.45) is 0 Å². The molecule has 0 radical (unpaired) electrons. The van der Waals surface area contributed by atoms with Gasteiger partial charge < -0.3 is 9.84 Å². The first-order chi connectivity index (χ1) is 12.1. The van der Waals surface area contributed by atoms with Crippen molar-refractivity contribution < 1.29 is 9.84 Å². The maximum Gasteiger partial charge on any atom is 0.133 e. The molecule has 0 atom stereocenters. The summed E-state index contributed by atoms with van der Waals surface area (Å²) in [5.41, 5.74) is 5.66. The highest BCUT2D eigenvalue weighted by Crippen LogP contribution is 2.32. The Morgan fingerprint density at radius 1 is 0.720 bits per heavy atom. The van der Waals surface area contributed by atoms with Gasteiger partial charge in [-0.05, 0) is 130 Å². The van der Waals surface area contributed by atoms with Gasteiger partial charge in [0.15, 0.2) is 0 Å². The van der Waals surface area contributed by atoms with Crippen molar-refractivity contribution >= 4 is 31.9 Å². The Bertz CT molecular complexity index is 725. The Hall–Kier alpha value is -1.00. The molecular formula is C21H24Br2O2. The zero-order chi connectivity index (χ0) is 17.8. The molecule has 0 saturated carbocycles. The van der Waals surface area contributed by atoms with Gasteiger partial charge >= 0.3 is 0 Å². The zero-order valence-corrected chi connectivity index (χ0v) is 17.7. The standard InChI is InChI=1S/C11H13BrO.C10H11BrO/c1-13-11-7-9-5-3-2-4-8(9)6-10(11)12;11-9-5-7-3-1-2-4-8(7)6-10(9)12/h6-7H,2-5H2,1H3;5-6,12H,1-4H2. The van der Waals surface area contributed by atoms with E-state index in [4.69, 9.17) is 4.74 Å². The van der Waals surface area contributed by atoms with Crippen molar-refractivity contribution in [3.63, 3.8) is 0 Å². The van der Waals surface area contributed by atoms with E-state index in [2.05, 4.69) is 44.0 Å². The second-order valence-corrected chi connectivity index (χ2v) is 8.45. The number of aromatic hydroxyl groups is 1. The lowest BCUT2D eigenvalue weighted by Crippen LogP contribution is -2.03. The minimum Gasteiger partial charge on any atom is -0.507 e. The average molecular weight is 468 g/mol. The number of aryl methyl sites for hydroxylation is 4. The van der Waals surface area contributed by atoms with Crippen LogP contribution in [0.15, 0.2) is 33.2 Å². The van der Waals surface area contributed by atoms with Gasteiger partial charge in [-0.15, -0.1) is 0 Å². The highest BCUT2D eigenvalue weighted by atomic mass is 79.9. The molecule has 0 aromatic heterocycles. The van der Waals surface area contributed by atoms with E-state index >= 15 is 0 Å². The minimum absolute atomic E-state index is 0.371. The molecule has 2 aliphatic carbocycles. The van der Waals surface area contributed by atoms with Crippen LogP contribution in [-0.2, 0) is 25.7 Å². The molecule has 0 heterocycles. The van der Waals surface area contributed by atoms with E-state index in [9.17, 15) is 5.11 Å². The molecular weight excluding hydrogens is 444 g/mol.